The topological polar surface area (TPSA) is 53.9 Å². The Bertz CT molecular complexity index is 425. The van der Waals surface area contributed by atoms with Crippen molar-refractivity contribution in [3.8, 4) is 0 Å². The summed E-state index contributed by atoms with van der Waals surface area (Å²) in [4.78, 5) is 18.1. The fourth-order valence-corrected chi connectivity index (χ4v) is 3.89. The average Bonchev–Trinajstić information content (AvgIpc) is 2.99. The van der Waals surface area contributed by atoms with E-state index in [9.17, 15) is 4.79 Å². The van der Waals surface area contributed by atoms with E-state index >= 15 is 0 Å². The van der Waals surface area contributed by atoms with Gasteiger partial charge in [-0.05, 0) is 44.4 Å². The molecule has 2 aliphatic rings. The van der Waals surface area contributed by atoms with Gasteiger partial charge in [-0.15, -0.1) is 24.0 Å². The van der Waals surface area contributed by atoms with Crippen molar-refractivity contribution in [1.29, 1.82) is 0 Å². The molecule has 0 aromatic carbocycles. The molecule has 25 heavy (non-hydrogen) atoms. The highest BCUT2D eigenvalue weighted by Gasteiger charge is 2.43. The molecule has 0 amide bonds. The number of likely N-dealkylation sites (tertiary alicyclic amines) is 1. The number of esters is 1. The second-order valence-electron chi connectivity index (χ2n) is 7.32. The van der Waals surface area contributed by atoms with Gasteiger partial charge in [0, 0.05) is 33.1 Å². The predicted octanol–water partition coefficient (Wildman–Crippen LogP) is 3.96. The van der Waals surface area contributed by atoms with Gasteiger partial charge < -0.3 is 15.0 Å². The van der Waals surface area contributed by atoms with Crippen LogP contribution in [0.15, 0.2) is 4.99 Å². The number of unbranched alkanes of at least 4 members (excludes halogenated alkanes) is 4. The molecule has 1 aliphatic heterocycles. The fourth-order valence-electron chi connectivity index (χ4n) is 3.89. The SMILES string of the molecule is CCOC(=O)CCCCCCCNC(=NC)N1CCC2(CCC2)C1.I. The maximum absolute atomic E-state index is 11.2. The summed E-state index contributed by atoms with van der Waals surface area (Å²) in [6.45, 7) is 5.69. The quantitative estimate of drug-likeness (QED) is 0.184. The van der Waals surface area contributed by atoms with Crippen LogP contribution in [0.3, 0.4) is 0 Å². The summed E-state index contributed by atoms with van der Waals surface area (Å²) < 4.78 is 4.93. The van der Waals surface area contributed by atoms with Crippen molar-refractivity contribution in [2.24, 2.45) is 10.4 Å². The Morgan fingerprint density at radius 3 is 2.48 bits per heavy atom. The van der Waals surface area contributed by atoms with E-state index in [0.717, 1.165) is 38.3 Å². The normalized spacial score (nSPS) is 18.6. The molecule has 0 aromatic rings. The van der Waals surface area contributed by atoms with Crippen molar-refractivity contribution < 1.29 is 9.53 Å². The van der Waals surface area contributed by atoms with Crippen molar-refractivity contribution in [2.45, 2.75) is 71.1 Å². The van der Waals surface area contributed by atoms with Crippen molar-refractivity contribution in [3.05, 3.63) is 0 Å². The maximum atomic E-state index is 11.2. The Balaban J connectivity index is 0.00000312. The third-order valence-corrected chi connectivity index (χ3v) is 5.51. The van der Waals surface area contributed by atoms with Gasteiger partial charge in [-0.25, -0.2) is 0 Å². The molecule has 0 aromatic heterocycles. The van der Waals surface area contributed by atoms with Crippen LogP contribution in [0.5, 0.6) is 0 Å². The number of carbonyl (C=O) groups excluding carboxylic acids is 1. The Morgan fingerprint density at radius 1 is 1.16 bits per heavy atom. The molecule has 0 atom stereocenters. The first-order valence-electron chi connectivity index (χ1n) is 9.80. The number of carbonyl (C=O) groups is 1. The average molecular weight is 465 g/mol. The van der Waals surface area contributed by atoms with E-state index in [1.807, 2.05) is 14.0 Å². The van der Waals surface area contributed by atoms with Crippen molar-refractivity contribution in [2.75, 3.05) is 33.3 Å². The predicted molar refractivity (Wildman–Crippen MR) is 114 cm³/mol. The van der Waals surface area contributed by atoms with Crippen LogP contribution in [0.25, 0.3) is 0 Å². The minimum absolute atomic E-state index is 0. The number of hydrogen-bond donors (Lipinski definition) is 1. The van der Waals surface area contributed by atoms with E-state index in [2.05, 4.69) is 15.2 Å². The third kappa shape index (κ3) is 7.31. The summed E-state index contributed by atoms with van der Waals surface area (Å²) in [7, 11) is 1.89. The number of hydrogen-bond acceptors (Lipinski definition) is 3. The highest BCUT2D eigenvalue weighted by molar-refractivity contribution is 14.0. The molecule has 1 heterocycles. The molecule has 1 aliphatic carbocycles. The summed E-state index contributed by atoms with van der Waals surface area (Å²) >= 11 is 0. The standard InChI is InChI=1S/C19H35N3O2.HI/c1-3-24-17(23)10-7-5-4-6-8-14-21-18(20-2)22-15-13-19(16-22)11-9-12-19;/h3-16H2,1-2H3,(H,20,21);1H. The van der Waals surface area contributed by atoms with Crippen molar-refractivity contribution in [3.63, 3.8) is 0 Å². The van der Waals surface area contributed by atoms with Crippen LogP contribution < -0.4 is 5.32 Å². The van der Waals surface area contributed by atoms with Gasteiger partial charge in [0.2, 0.25) is 0 Å². The van der Waals surface area contributed by atoms with Crippen LogP contribution in [0, 0.1) is 5.41 Å². The van der Waals surface area contributed by atoms with E-state index < -0.39 is 0 Å². The van der Waals surface area contributed by atoms with Crippen molar-refractivity contribution in [1.82, 2.24) is 10.2 Å². The third-order valence-electron chi connectivity index (χ3n) is 5.51. The van der Waals surface area contributed by atoms with Gasteiger partial charge in [-0.3, -0.25) is 9.79 Å². The zero-order chi connectivity index (χ0) is 17.3. The largest absolute Gasteiger partial charge is 0.466 e. The summed E-state index contributed by atoms with van der Waals surface area (Å²) in [5.41, 5.74) is 0.622. The summed E-state index contributed by atoms with van der Waals surface area (Å²) in [6, 6.07) is 0. The Hall–Kier alpha value is -0.530. The lowest BCUT2D eigenvalue weighted by Crippen LogP contribution is -2.42. The lowest BCUT2D eigenvalue weighted by Gasteiger charge is -2.38. The van der Waals surface area contributed by atoms with E-state index in [4.69, 9.17) is 4.74 Å². The van der Waals surface area contributed by atoms with Gasteiger partial charge in [0.05, 0.1) is 6.61 Å². The molecule has 0 unspecified atom stereocenters. The first-order chi connectivity index (χ1) is 11.7. The Kier molecular flexibility index (Phi) is 10.8. The number of nitrogens with zero attached hydrogens (tertiary/aromatic N) is 2. The molecule has 146 valence electrons. The molecular formula is C19H36IN3O2. The molecule has 2 rings (SSSR count). The highest BCUT2D eigenvalue weighted by Crippen LogP contribution is 2.47. The zero-order valence-electron chi connectivity index (χ0n) is 16.0. The number of guanidine groups is 1. The first-order valence-corrected chi connectivity index (χ1v) is 9.80. The van der Waals surface area contributed by atoms with Crippen LogP contribution in [-0.4, -0.2) is 50.1 Å². The molecule has 0 radical (unpaired) electrons. The van der Waals surface area contributed by atoms with E-state index in [1.54, 1.807) is 0 Å². The lowest BCUT2D eigenvalue weighted by atomic mass is 9.68. The summed E-state index contributed by atoms with van der Waals surface area (Å²) in [5.74, 6) is 1.03. The van der Waals surface area contributed by atoms with Crippen LogP contribution in [0.2, 0.25) is 0 Å². The van der Waals surface area contributed by atoms with Crippen LogP contribution in [0.1, 0.15) is 71.1 Å². The molecule has 1 spiro atoms. The molecule has 1 N–H and O–H groups in total. The second kappa shape index (κ2) is 12.0. The minimum Gasteiger partial charge on any atom is -0.466 e. The highest BCUT2D eigenvalue weighted by atomic mass is 127. The molecular weight excluding hydrogens is 429 g/mol. The number of nitrogens with one attached hydrogen (secondary N) is 1. The molecule has 1 saturated heterocycles. The molecule has 5 nitrogen and oxygen atoms in total. The zero-order valence-corrected chi connectivity index (χ0v) is 18.3. The van der Waals surface area contributed by atoms with Crippen LogP contribution in [0.4, 0.5) is 0 Å². The first kappa shape index (κ1) is 22.5. The Morgan fingerprint density at radius 2 is 1.88 bits per heavy atom. The monoisotopic (exact) mass is 465 g/mol. The maximum Gasteiger partial charge on any atom is 0.305 e. The van der Waals surface area contributed by atoms with Gasteiger partial charge in [0.25, 0.3) is 0 Å². The van der Waals surface area contributed by atoms with E-state index in [1.165, 1.54) is 45.1 Å². The van der Waals surface area contributed by atoms with Gasteiger partial charge >= 0.3 is 5.97 Å². The Labute approximate surface area is 170 Å². The van der Waals surface area contributed by atoms with Gasteiger partial charge in [-0.2, -0.15) is 0 Å². The van der Waals surface area contributed by atoms with Gasteiger partial charge in [0.1, 0.15) is 0 Å². The van der Waals surface area contributed by atoms with Crippen LogP contribution in [-0.2, 0) is 9.53 Å². The van der Waals surface area contributed by atoms with Gasteiger partial charge in [0.15, 0.2) is 5.96 Å². The van der Waals surface area contributed by atoms with Crippen LogP contribution >= 0.6 is 24.0 Å². The molecule has 6 heteroatoms. The molecule has 0 bridgehead atoms. The smallest absolute Gasteiger partial charge is 0.305 e. The van der Waals surface area contributed by atoms with Crippen molar-refractivity contribution >= 4 is 35.9 Å². The molecule has 2 fully saturated rings. The second-order valence-corrected chi connectivity index (χ2v) is 7.32. The van der Waals surface area contributed by atoms with Gasteiger partial charge in [-0.1, -0.05) is 25.7 Å². The fraction of sp³-hybridized carbons (Fsp3) is 0.895. The number of rotatable bonds is 9. The van der Waals surface area contributed by atoms with E-state index in [-0.39, 0.29) is 29.9 Å². The number of ether oxygens (including phenoxy) is 1. The molecule has 1 saturated carbocycles. The summed E-state index contributed by atoms with van der Waals surface area (Å²) in [6.07, 6.45) is 11.8. The van der Waals surface area contributed by atoms with E-state index in [0.29, 0.717) is 18.4 Å². The number of halogens is 1. The number of aliphatic imine (C=N–C) groups is 1. The summed E-state index contributed by atoms with van der Waals surface area (Å²) in [5, 5.41) is 3.52. The lowest BCUT2D eigenvalue weighted by molar-refractivity contribution is -0.143. The minimum atomic E-state index is -0.0576.